The lowest BCUT2D eigenvalue weighted by atomic mass is 9.92. The molecule has 2 heterocycles. The normalized spacial score (nSPS) is 19.4. The number of halogens is 4. The summed E-state index contributed by atoms with van der Waals surface area (Å²) in [5.74, 6) is -0.214. The zero-order valence-electron chi connectivity index (χ0n) is 14.9. The van der Waals surface area contributed by atoms with Gasteiger partial charge in [0.05, 0.1) is 11.7 Å². The summed E-state index contributed by atoms with van der Waals surface area (Å²) < 4.78 is 5.98. The maximum atomic E-state index is 12.9. The van der Waals surface area contributed by atoms with Crippen molar-refractivity contribution in [2.24, 2.45) is 0 Å². The van der Waals surface area contributed by atoms with E-state index in [1.54, 1.807) is 41.3 Å². The summed E-state index contributed by atoms with van der Waals surface area (Å²) in [6.07, 6.45) is -0.433. The summed E-state index contributed by atoms with van der Waals surface area (Å²) in [7, 11) is 0. The SMILES string of the molecule is O=C1CO[C@@H](c2ccc(Cl)cc2)[C@@H](c2ccc(Cl)cc2)N1c1cc(Cl)nc(Cl)c1. The van der Waals surface area contributed by atoms with Gasteiger partial charge < -0.3 is 4.74 Å². The molecular weight excluding hydrogens is 454 g/mol. The van der Waals surface area contributed by atoms with Crippen LogP contribution in [0.1, 0.15) is 23.3 Å². The van der Waals surface area contributed by atoms with Crippen molar-refractivity contribution in [1.29, 1.82) is 0 Å². The molecule has 0 saturated carbocycles. The number of morpholine rings is 1. The minimum atomic E-state index is -0.468. The van der Waals surface area contributed by atoms with Crippen LogP contribution in [0.3, 0.4) is 0 Å². The Hall–Kier alpha value is -1.82. The summed E-state index contributed by atoms with van der Waals surface area (Å²) in [4.78, 5) is 18.6. The van der Waals surface area contributed by atoms with Crippen molar-refractivity contribution >= 4 is 58.0 Å². The molecule has 2 aromatic carbocycles. The highest BCUT2D eigenvalue weighted by molar-refractivity contribution is 6.33. The van der Waals surface area contributed by atoms with Crippen LogP contribution >= 0.6 is 46.4 Å². The first-order chi connectivity index (χ1) is 13.9. The van der Waals surface area contributed by atoms with Crippen LogP contribution in [0, 0.1) is 0 Å². The van der Waals surface area contributed by atoms with E-state index in [1.807, 2.05) is 24.3 Å². The van der Waals surface area contributed by atoms with Crippen molar-refractivity contribution < 1.29 is 9.53 Å². The van der Waals surface area contributed by atoms with E-state index in [2.05, 4.69) is 4.98 Å². The Bertz CT molecular complexity index is 1020. The number of pyridine rings is 1. The third-order valence-electron chi connectivity index (χ3n) is 4.66. The van der Waals surface area contributed by atoms with Crippen LogP contribution in [0.15, 0.2) is 60.7 Å². The predicted octanol–water partition coefficient (Wildman–Crippen LogP) is 6.54. The van der Waals surface area contributed by atoms with E-state index in [9.17, 15) is 4.79 Å². The number of anilines is 1. The summed E-state index contributed by atoms with van der Waals surface area (Å²) in [5.41, 5.74) is 2.28. The third kappa shape index (κ3) is 4.37. The molecule has 0 radical (unpaired) electrons. The van der Waals surface area contributed by atoms with Crippen LogP contribution in [0.4, 0.5) is 5.69 Å². The molecule has 0 N–H and O–H groups in total. The molecule has 8 heteroatoms. The number of carbonyl (C=O) groups is 1. The van der Waals surface area contributed by atoms with Gasteiger partial charge in [0, 0.05) is 10.0 Å². The number of nitrogens with zero attached hydrogens (tertiary/aromatic N) is 2. The molecule has 2 atom stereocenters. The lowest BCUT2D eigenvalue weighted by Gasteiger charge is -2.41. The van der Waals surface area contributed by atoms with Crippen molar-refractivity contribution in [2.45, 2.75) is 12.1 Å². The number of amides is 1. The van der Waals surface area contributed by atoms with Gasteiger partial charge in [0.2, 0.25) is 0 Å². The molecule has 1 saturated heterocycles. The van der Waals surface area contributed by atoms with Crippen molar-refractivity contribution in [1.82, 2.24) is 4.98 Å². The molecule has 0 unspecified atom stereocenters. The van der Waals surface area contributed by atoms with E-state index in [4.69, 9.17) is 51.1 Å². The Kier molecular flexibility index (Phi) is 6.00. The number of benzene rings is 2. The molecule has 148 valence electrons. The summed E-state index contributed by atoms with van der Waals surface area (Å²) in [6.45, 7) is -0.0883. The third-order valence-corrected chi connectivity index (χ3v) is 5.55. The second kappa shape index (κ2) is 8.50. The van der Waals surface area contributed by atoms with E-state index >= 15 is 0 Å². The number of rotatable bonds is 3. The Morgan fingerprint density at radius 1 is 0.828 bits per heavy atom. The van der Waals surface area contributed by atoms with Gasteiger partial charge in [0.25, 0.3) is 5.91 Å². The van der Waals surface area contributed by atoms with Crippen molar-refractivity contribution in [3.8, 4) is 0 Å². The maximum Gasteiger partial charge on any atom is 0.253 e. The zero-order chi connectivity index (χ0) is 20.5. The number of aromatic nitrogens is 1. The monoisotopic (exact) mass is 466 g/mol. The highest BCUT2D eigenvalue weighted by Crippen LogP contribution is 2.43. The van der Waals surface area contributed by atoms with Crippen LogP contribution in [-0.2, 0) is 9.53 Å². The van der Waals surface area contributed by atoms with E-state index in [-0.39, 0.29) is 22.8 Å². The first-order valence-electron chi connectivity index (χ1n) is 8.70. The van der Waals surface area contributed by atoms with Crippen LogP contribution in [-0.4, -0.2) is 17.5 Å². The Balaban J connectivity index is 1.86. The van der Waals surface area contributed by atoms with Crippen LogP contribution in [0.25, 0.3) is 0 Å². The lowest BCUT2D eigenvalue weighted by Crippen LogP contribution is -2.46. The summed E-state index contributed by atoms with van der Waals surface area (Å²) in [6, 6.07) is 17.4. The fraction of sp³-hybridized carbons (Fsp3) is 0.143. The molecular formula is C21H14Cl4N2O2. The highest BCUT2D eigenvalue weighted by Gasteiger charge is 2.40. The predicted molar refractivity (Wildman–Crippen MR) is 116 cm³/mol. The zero-order valence-corrected chi connectivity index (χ0v) is 17.9. The largest absolute Gasteiger partial charge is 0.361 e. The minimum Gasteiger partial charge on any atom is -0.361 e. The first kappa shape index (κ1) is 20.5. The molecule has 1 amide bonds. The average molecular weight is 468 g/mol. The van der Waals surface area contributed by atoms with Gasteiger partial charge in [-0.05, 0) is 47.5 Å². The number of ether oxygens (including phenoxy) is 1. The molecule has 4 rings (SSSR count). The first-order valence-corrected chi connectivity index (χ1v) is 10.2. The van der Waals surface area contributed by atoms with E-state index in [1.165, 1.54) is 0 Å². The van der Waals surface area contributed by atoms with Crippen LogP contribution < -0.4 is 4.90 Å². The Morgan fingerprint density at radius 2 is 1.34 bits per heavy atom. The summed E-state index contributed by atoms with van der Waals surface area (Å²) in [5, 5.41) is 1.61. The highest BCUT2D eigenvalue weighted by atomic mass is 35.5. The smallest absolute Gasteiger partial charge is 0.253 e. The van der Waals surface area contributed by atoms with Gasteiger partial charge in [-0.25, -0.2) is 4.98 Å². The summed E-state index contributed by atoms with van der Waals surface area (Å²) >= 11 is 24.3. The van der Waals surface area contributed by atoms with Gasteiger partial charge in [-0.1, -0.05) is 70.7 Å². The molecule has 1 aliphatic rings. The quantitative estimate of drug-likeness (QED) is 0.410. The molecule has 0 aliphatic carbocycles. The molecule has 1 aromatic heterocycles. The number of hydrogen-bond acceptors (Lipinski definition) is 3. The molecule has 1 fully saturated rings. The topological polar surface area (TPSA) is 42.4 Å². The van der Waals surface area contributed by atoms with Gasteiger partial charge in [-0.2, -0.15) is 0 Å². The van der Waals surface area contributed by atoms with Crippen LogP contribution in [0.5, 0.6) is 0 Å². The van der Waals surface area contributed by atoms with Crippen molar-refractivity contribution in [3.05, 3.63) is 92.1 Å². The fourth-order valence-corrected chi connectivity index (χ4v) is 4.12. The molecule has 1 aliphatic heterocycles. The Morgan fingerprint density at radius 3 is 1.90 bits per heavy atom. The average Bonchev–Trinajstić information content (AvgIpc) is 2.68. The van der Waals surface area contributed by atoms with Gasteiger partial charge in [-0.3, -0.25) is 9.69 Å². The molecule has 29 heavy (non-hydrogen) atoms. The van der Waals surface area contributed by atoms with Crippen molar-refractivity contribution in [3.63, 3.8) is 0 Å². The standard InChI is InChI=1S/C21H14Cl4N2O2/c22-14-5-1-12(2-6-14)20-21(13-3-7-15(23)8-4-13)29-11-19(28)27(20)16-9-17(24)26-18(25)10-16/h1-10,20-21H,11H2/t20-,21+/m1/s1. The van der Waals surface area contributed by atoms with Gasteiger partial charge in [0.1, 0.15) is 23.0 Å². The molecule has 0 bridgehead atoms. The van der Waals surface area contributed by atoms with E-state index in [0.29, 0.717) is 15.7 Å². The maximum absolute atomic E-state index is 12.9. The number of carbonyl (C=O) groups excluding carboxylic acids is 1. The number of hydrogen-bond donors (Lipinski definition) is 0. The molecule has 0 spiro atoms. The van der Waals surface area contributed by atoms with E-state index in [0.717, 1.165) is 11.1 Å². The van der Waals surface area contributed by atoms with Gasteiger partial charge in [0.15, 0.2) is 0 Å². The van der Waals surface area contributed by atoms with Crippen molar-refractivity contribution in [2.75, 3.05) is 11.5 Å². The molecule has 4 nitrogen and oxygen atoms in total. The van der Waals surface area contributed by atoms with Gasteiger partial charge >= 0.3 is 0 Å². The minimum absolute atomic E-state index is 0.0883. The Labute approximate surface area is 187 Å². The van der Waals surface area contributed by atoms with Crippen LogP contribution in [0.2, 0.25) is 20.4 Å². The lowest BCUT2D eigenvalue weighted by molar-refractivity contribution is -0.132. The second-order valence-corrected chi connectivity index (χ2v) is 8.16. The second-order valence-electron chi connectivity index (χ2n) is 6.51. The molecule has 3 aromatic rings. The van der Waals surface area contributed by atoms with E-state index < -0.39 is 12.1 Å². The fourth-order valence-electron chi connectivity index (χ4n) is 3.42. The van der Waals surface area contributed by atoms with Gasteiger partial charge in [-0.15, -0.1) is 0 Å².